The Balaban J connectivity index is 1.51. The Kier molecular flexibility index (Phi) is 9.38. The molecule has 1 aromatic heterocycles. The minimum atomic E-state index is -1.09. The lowest BCUT2D eigenvalue weighted by Gasteiger charge is -2.36. The monoisotopic (exact) mass is 551 g/mol. The number of ether oxygens (including phenoxy) is 2. The molecular weight excluding hydrogens is 516 g/mol. The van der Waals surface area contributed by atoms with Crippen molar-refractivity contribution in [2.24, 2.45) is 11.8 Å². The number of hydrogen-bond acceptors (Lipinski definition) is 6. The minimum absolute atomic E-state index is 0.0185. The summed E-state index contributed by atoms with van der Waals surface area (Å²) in [6.07, 6.45) is 3.92. The van der Waals surface area contributed by atoms with Crippen LogP contribution in [0.5, 0.6) is 5.75 Å². The van der Waals surface area contributed by atoms with E-state index in [-0.39, 0.29) is 17.4 Å². The van der Waals surface area contributed by atoms with Crippen LogP contribution in [0, 0.1) is 17.8 Å². The highest BCUT2D eigenvalue weighted by Gasteiger charge is 2.45. The number of hydrogen-bond donors (Lipinski definition) is 0. The molecule has 1 heterocycles. The van der Waals surface area contributed by atoms with Crippen LogP contribution in [-0.2, 0) is 11.3 Å². The Morgan fingerprint density at radius 2 is 1.92 bits per heavy atom. The first-order valence-corrected chi connectivity index (χ1v) is 13.8. The summed E-state index contributed by atoms with van der Waals surface area (Å²) in [5.41, 5.74) is 0.766. The fourth-order valence-electron chi connectivity index (χ4n) is 5.58. The molecule has 0 aliphatic heterocycles. The van der Waals surface area contributed by atoms with Crippen LogP contribution in [0.15, 0.2) is 53.6 Å². The van der Waals surface area contributed by atoms with E-state index in [1.165, 1.54) is 18.0 Å². The van der Waals surface area contributed by atoms with Crippen LogP contribution >= 0.6 is 23.5 Å². The highest BCUT2D eigenvalue weighted by atomic mass is 35.5. The molecule has 1 aromatic carbocycles. The van der Waals surface area contributed by atoms with Crippen LogP contribution in [0.1, 0.15) is 31.2 Å². The van der Waals surface area contributed by atoms with Crippen LogP contribution in [0.4, 0.5) is 14.6 Å². The van der Waals surface area contributed by atoms with E-state index in [4.69, 9.17) is 21.1 Å². The van der Waals surface area contributed by atoms with Gasteiger partial charge in [0.05, 0.1) is 24.5 Å². The van der Waals surface area contributed by atoms with Gasteiger partial charge in [-0.05, 0) is 87.5 Å². The Bertz CT molecular complexity index is 1070. The standard InChI is InChI=1S/C28H36ClF2N3O2S/c1-33(2)18-28(36-4)13-12-20(16-28)22-14-24(30)25(15-23(22)29)37-34(27-7-5-6-26(31)32-27)17-19-8-10-21(35-3)11-9-19/h5-11,15,20,22,24-25H,12-14,16-18H2,1-4H3. The molecule has 0 bridgehead atoms. The molecule has 0 radical (unpaired) electrons. The van der Waals surface area contributed by atoms with Gasteiger partial charge in [0.25, 0.3) is 0 Å². The lowest BCUT2D eigenvalue weighted by Crippen LogP contribution is -2.40. The number of nitrogens with zero attached hydrogens (tertiary/aromatic N) is 3. The molecule has 5 atom stereocenters. The van der Waals surface area contributed by atoms with Gasteiger partial charge < -0.3 is 14.4 Å². The van der Waals surface area contributed by atoms with Gasteiger partial charge in [-0.2, -0.15) is 4.39 Å². The molecule has 2 aliphatic carbocycles. The van der Waals surface area contributed by atoms with E-state index in [0.717, 1.165) is 37.1 Å². The minimum Gasteiger partial charge on any atom is -0.497 e. The summed E-state index contributed by atoms with van der Waals surface area (Å²) in [5.74, 6) is 0.873. The zero-order valence-electron chi connectivity index (χ0n) is 21.9. The van der Waals surface area contributed by atoms with Crippen LogP contribution in [-0.4, -0.2) is 61.8 Å². The highest BCUT2D eigenvalue weighted by Crippen LogP contribution is 2.49. The summed E-state index contributed by atoms with van der Waals surface area (Å²) in [6.45, 7) is 1.26. The SMILES string of the molecule is COc1ccc(CN(SC2C=C(Cl)C(C3CCC(CN(C)C)(OC)C3)CC2F)c2cccc(F)n2)cc1. The predicted molar refractivity (Wildman–Crippen MR) is 147 cm³/mol. The van der Waals surface area contributed by atoms with E-state index in [1.807, 2.05) is 48.7 Å². The number of methoxy groups -OCH3 is 2. The maximum atomic E-state index is 15.7. The molecule has 0 N–H and O–H groups in total. The lowest BCUT2D eigenvalue weighted by atomic mass is 9.81. The van der Waals surface area contributed by atoms with E-state index in [0.29, 0.717) is 23.8 Å². The first-order valence-electron chi connectivity index (χ1n) is 12.6. The number of allylic oxidation sites excluding steroid dienone is 1. The van der Waals surface area contributed by atoms with E-state index in [2.05, 4.69) is 9.88 Å². The van der Waals surface area contributed by atoms with Gasteiger partial charge in [0, 0.05) is 24.6 Å². The normalized spacial score (nSPS) is 27.8. The number of likely N-dealkylation sites (N-methyl/N-ethyl adjacent to an activating group) is 1. The Labute approximate surface area is 228 Å². The maximum absolute atomic E-state index is 15.7. The molecule has 2 aliphatic rings. The third kappa shape index (κ3) is 6.96. The third-order valence-corrected chi connectivity index (χ3v) is 9.07. The smallest absolute Gasteiger partial charge is 0.214 e. The first kappa shape index (κ1) is 28.1. The van der Waals surface area contributed by atoms with Gasteiger partial charge in [-0.1, -0.05) is 35.9 Å². The van der Waals surface area contributed by atoms with Crippen molar-refractivity contribution in [1.82, 2.24) is 9.88 Å². The summed E-state index contributed by atoms with van der Waals surface area (Å²) >= 11 is 8.14. The number of benzene rings is 1. The Morgan fingerprint density at radius 1 is 1.16 bits per heavy atom. The fourth-order valence-corrected chi connectivity index (χ4v) is 7.24. The van der Waals surface area contributed by atoms with Crippen molar-refractivity contribution >= 4 is 29.4 Å². The van der Waals surface area contributed by atoms with E-state index in [1.54, 1.807) is 26.4 Å². The zero-order chi connectivity index (χ0) is 26.6. The third-order valence-electron chi connectivity index (χ3n) is 7.41. The predicted octanol–water partition coefficient (Wildman–Crippen LogP) is 6.48. The number of alkyl halides is 1. The molecule has 37 heavy (non-hydrogen) atoms. The van der Waals surface area contributed by atoms with Crippen LogP contribution < -0.4 is 9.04 Å². The molecule has 1 fully saturated rings. The molecule has 0 amide bonds. The van der Waals surface area contributed by atoms with E-state index >= 15 is 4.39 Å². The fraction of sp³-hybridized carbons (Fsp3) is 0.536. The van der Waals surface area contributed by atoms with E-state index in [9.17, 15) is 4.39 Å². The molecule has 4 rings (SSSR count). The summed E-state index contributed by atoms with van der Waals surface area (Å²) in [5, 5.41) is 0.215. The zero-order valence-corrected chi connectivity index (χ0v) is 23.4. The average Bonchev–Trinajstić information content (AvgIpc) is 3.29. The Morgan fingerprint density at radius 3 is 2.57 bits per heavy atom. The van der Waals surface area contributed by atoms with Gasteiger partial charge in [0.15, 0.2) is 0 Å². The topological polar surface area (TPSA) is 37.8 Å². The quantitative estimate of drug-likeness (QED) is 0.248. The van der Waals surface area contributed by atoms with Crippen LogP contribution in [0.25, 0.3) is 0 Å². The van der Waals surface area contributed by atoms with Gasteiger partial charge in [0.1, 0.15) is 17.7 Å². The largest absolute Gasteiger partial charge is 0.497 e. The second-order valence-electron chi connectivity index (χ2n) is 10.3. The first-order chi connectivity index (χ1) is 17.7. The van der Waals surface area contributed by atoms with Gasteiger partial charge in [-0.25, -0.2) is 9.37 Å². The number of pyridine rings is 1. The molecule has 1 saturated carbocycles. The molecular formula is C28H36ClF2N3O2S. The second-order valence-corrected chi connectivity index (χ2v) is 11.9. The number of anilines is 1. The summed E-state index contributed by atoms with van der Waals surface area (Å²) in [4.78, 5) is 6.21. The molecule has 202 valence electrons. The maximum Gasteiger partial charge on any atom is 0.214 e. The van der Waals surface area contributed by atoms with Crippen molar-refractivity contribution in [1.29, 1.82) is 0 Å². The van der Waals surface area contributed by atoms with Crippen molar-refractivity contribution in [3.05, 3.63) is 65.1 Å². The molecule has 9 heteroatoms. The summed E-state index contributed by atoms with van der Waals surface area (Å²) < 4.78 is 42.7. The summed E-state index contributed by atoms with van der Waals surface area (Å²) in [7, 11) is 7.48. The van der Waals surface area contributed by atoms with Gasteiger partial charge in [-0.3, -0.25) is 4.31 Å². The number of rotatable bonds is 10. The average molecular weight is 552 g/mol. The lowest BCUT2D eigenvalue weighted by molar-refractivity contribution is -0.0271. The second kappa shape index (κ2) is 12.3. The van der Waals surface area contributed by atoms with Crippen molar-refractivity contribution < 1.29 is 18.3 Å². The number of aromatic nitrogens is 1. The van der Waals surface area contributed by atoms with Gasteiger partial charge >= 0.3 is 0 Å². The van der Waals surface area contributed by atoms with Gasteiger partial charge in [0.2, 0.25) is 5.95 Å². The van der Waals surface area contributed by atoms with Crippen LogP contribution in [0.3, 0.4) is 0 Å². The van der Waals surface area contributed by atoms with Crippen molar-refractivity contribution in [3.8, 4) is 5.75 Å². The number of halogens is 3. The molecule has 0 spiro atoms. The molecule has 0 saturated heterocycles. The van der Waals surface area contributed by atoms with Crippen molar-refractivity contribution in [3.63, 3.8) is 0 Å². The van der Waals surface area contributed by atoms with Crippen molar-refractivity contribution in [2.75, 3.05) is 39.2 Å². The molecule has 2 aromatic rings. The summed E-state index contributed by atoms with van der Waals surface area (Å²) in [6, 6.07) is 12.3. The van der Waals surface area contributed by atoms with Crippen LogP contribution in [0.2, 0.25) is 0 Å². The molecule has 5 nitrogen and oxygen atoms in total. The highest BCUT2D eigenvalue weighted by molar-refractivity contribution is 8.01. The van der Waals surface area contributed by atoms with Gasteiger partial charge in [-0.15, -0.1) is 0 Å². The van der Waals surface area contributed by atoms with Crippen molar-refractivity contribution in [2.45, 2.75) is 49.3 Å². The molecule has 5 unspecified atom stereocenters. The van der Waals surface area contributed by atoms with E-state index < -0.39 is 17.4 Å². The Hall–Kier alpha value is -1.87.